The molecule has 1 atom stereocenters. The van der Waals surface area contributed by atoms with Crippen LogP contribution in [-0.2, 0) is 15.3 Å². The molecule has 2 heterocycles. The Bertz CT molecular complexity index is 749. The van der Waals surface area contributed by atoms with E-state index in [0.717, 1.165) is 41.5 Å². The maximum Gasteiger partial charge on any atom is 0.226 e. The van der Waals surface area contributed by atoms with E-state index in [9.17, 15) is 4.79 Å². The van der Waals surface area contributed by atoms with E-state index in [4.69, 9.17) is 10.00 Å². The third-order valence-electron chi connectivity index (χ3n) is 3.82. The molecule has 1 unspecified atom stereocenters. The number of nitrogens with one attached hydrogen (secondary N) is 1. The van der Waals surface area contributed by atoms with Crippen molar-refractivity contribution in [2.45, 2.75) is 41.9 Å². The highest BCUT2D eigenvalue weighted by Gasteiger charge is 2.17. The lowest BCUT2D eigenvalue weighted by atomic mass is 10.1. The van der Waals surface area contributed by atoms with Crippen molar-refractivity contribution >= 4 is 34.1 Å². The summed E-state index contributed by atoms with van der Waals surface area (Å²) in [6.45, 7) is 0.808. The number of rotatable bonds is 7. The van der Waals surface area contributed by atoms with Crippen LogP contribution in [0.5, 0.6) is 0 Å². The minimum Gasteiger partial charge on any atom is -0.378 e. The first-order chi connectivity index (χ1) is 12.2. The lowest BCUT2D eigenvalue weighted by Gasteiger charge is -2.07. The second kappa shape index (κ2) is 8.94. The van der Waals surface area contributed by atoms with Gasteiger partial charge in [-0.3, -0.25) is 4.79 Å². The van der Waals surface area contributed by atoms with Gasteiger partial charge in [-0.1, -0.05) is 35.2 Å². The third kappa shape index (κ3) is 5.53. The molecule has 0 saturated carbocycles. The van der Waals surface area contributed by atoms with E-state index in [0.29, 0.717) is 17.1 Å². The topological polar surface area (TPSA) is 87.9 Å². The summed E-state index contributed by atoms with van der Waals surface area (Å²) in [7, 11) is 0. The largest absolute Gasteiger partial charge is 0.378 e. The lowest BCUT2D eigenvalue weighted by molar-refractivity contribution is -0.116. The molecule has 8 heteroatoms. The second-order valence-electron chi connectivity index (χ2n) is 5.69. The Hall–Kier alpha value is -1.95. The van der Waals surface area contributed by atoms with Gasteiger partial charge in [0.05, 0.1) is 17.7 Å². The molecular formula is C17H18N4O2S2. The number of hydrogen-bond donors (Lipinski definition) is 1. The van der Waals surface area contributed by atoms with Crippen LogP contribution in [0.25, 0.3) is 0 Å². The number of benzene rings is 1. The van der Waals surface area contributed by atoms with Gasteiger partial charge < -0.3 is 10.1 Å². The molecule has 6 nitrogen and oxygen atoms in total. The highest BCUT2D eigenvalue weighted by Crippen LogP contribution is 2.28. The number of aromatic nitrogens is 2. The van der Waals surface area contributed by atoms with E-state index in [2.05, 4.69) is 21.6 Å². The second-order valence-corrected chi connectivity index (χ2v) is 7.89. The number of hydrogen-bond acceptors (Lipinski definition) is 7. The van der Waals surface area contributed by atoms with Crippen LogP contribution in [0.2, 0.25) is 0 Å². The average Bonchev–Trinajstić information content (AvgIpc) is 3.30. The number of anilines is 1. The van der Waals surface area contributed by atoms with Gasteiger partial charge in [-0.15, -0.1) is 10.2 Å². The van der Waals surface area contributed by atoms with Gasteiger partial charge in [0, 0.05) is 18.8 Å². The van der Waals surface area contributed by atoms with Crippen molar-refractivity contribution in [2.24, 2.45) is 0 Å². The molecule has 0 bridgehead atoms. The van der Waals surface area contributed by atoms with Gasteiger partial charge in [-0.2, -0.15) is 5.26 Å². The van der Waals surface area contributed by atoms with Crippen LogP contribution in [0.4, 0.5) is 5.13 Å². The van der Waals surface area contributed by atoms with Crippen LogP contribution < -0.4 is 5.32 Å². The highest BCUT2D eigenvalue weighted by molar-refractivity contribution is 8.00. The van der Waals surface area contributed by atoms with E-state index in [1.807, 2.05) is 12.1 Å². The molecule has 1 aromatic carbocycles. The summed E-state index contributed by atoms with van der Waals surface area (Å²) in [6, 6.07) is 9.57. The lowest BCUT2D eigenvalue weighted by Crippen LogP contribution is -2.15. The van der Waals surface area contributed by atoms with Gasteiger partial charge in [0.2, 0.25) is 11.0 Å². The maximum absolute atomic E-state index is 12.0. The Balaban J connectivity index is 1.43. The number of ether oxygens (including phenoxy) is 1. The summed E-state index contributed by atoms with van der Waals surface area (Å²) in [5, 5.41) is 20.2. The van der Waals surface area contributed by atoms with E-state index in [-0.39, 0.29) is 12.0 Å². The van der Waals surface area contributed by atoms with E-state index in [1.165, 1.54) is 11.3 Å². The average molecular weight is 374 g/mol. The molecule has 3 rings (SSSR count). The molecule has 1 aromatic heterocycles. The minimum atomic E-state index is -0.0460. The first kappa shape index (κ1) is 17.9. The Morgan fingerprint density at radius 3 is 2.96 bits per heavy atom. The zero-order valence-corrected chi connectivity index (χ0v) is 15.2. The molecule has 1 fully saturated rings. The number of carbonyl (C=O) groups excluding carboxylic acids is 1. The first-order valence-corrected chi connectivity index (χ1v) is 9.90. The SMILES string of the molecule is N#Cc1ccc(CSc2nnc(NC(=O)CCC3CCCO3)s2)cc1. The van der Waals surface area contributed by atoms with Crippen molar-refractivity contribution in [1.29, 1.82) is 5.26 Å². The van der Waals surface area contributed by atoms with Crippen LogP contribution in [-0.4, -0.2) is 28.8 Å². The van der Waals surface area contributed by atoms with E-state index < -0.39 is 0 Å². The minimum absolute atomic E-state index is 0.0460. The predicted molar refractivity (Wildman–Crippen MR) is 97.5 cm³/mol. The van der Waals surface area contributed by atoms with Crippen molar-refractivity contribution in [3.8, 4) is 6.07 Å². The zero-order valence-electron chi connectivity index (χ0n) is 13.6. The Kier molecular flexibility index (Phi) is 6.39. The fraction of sp³-hybridized carbons (Fsp3) is 0.412. The molecule has 0 spiro atoms. The third-order valence-corrected chi connectivity index (χ3v) is 5.86. The number of thioether (sulfide) groups is 1. The predicted octanol–water partition coefficient (Wildman–Crippen LogP) is 3.60. The van der Waals surface area contributed by atoms with Gasteiger partial charge in [0.1, 0.15) is 0 Å². The molecule has 25 heavy (non-hydrogen) atoms. The smallest absolute Gasteiger partial charge is 0.226 e. The van der Waals surface area contributed by atoms with Crippen LogP contribution >= 0.6 is 23.1 Å². The van der Waals surface area contributed by atoms with Crippen molar-refractivity contribution in [2.75, 3.05) is 11.9 Å². The summed E-state index contributed by atoms with van der Waals surface area (Å²) in [5.41, 5.74) is 1.76. The van der Waals surface area contributed by atoms with Crippen LogP contribution in [0.15, 0.2) is 28.6 Å². The molecule has 1 N–H and O–H groups in total. The van der Waals surface area contributed by atoms with Crippen LogP contribution in [0, 0.1) is 11.3 Å². The van der Waals surface area contributed by atoms with Crippen molar-refractivity contribution in [3.63, 3.8) is 0 Å². The van der Waals surface area contributed by atoms with E-state index >= 15 is 0 Å². The Morgan fingerprint density at radius 2 is 2.24 bits per heavy atom. The quantitative estimate of drug-likeness (QED) is 0.588. The maximum atomic E-state index is 12.0. The van der Waals surface area contributed by atoms with Gasteiger partial charge in [0.15, 0.2) is 4.34 Å². The molecule has 2 aromatic rings. The zero-order chi connectivity index (χ0) is 17.5. The highest BCUT2D eigenvalue weighted by atomic mass is 32.2. The van der Waals surface area contributed by atoms with Crippen molar-refractivity contribution in [1.82, 2.24) is 10.2 Å². The normalized spacial score (nSPS) is 16.5. The molecule has 1 aliphatic heterocycles. The summed E-state index contributed by atoms with van der Waals surface area (Å²) in [6.07, 6.45) is 3.55. The van der Waals surface area contributed by atoms with Crippen molar-refractivity contribution in [3.05, 3.63) is 35.4 Å². The molecule has 1 aliphatic rings. The first-order valence-electron chi connectivity index (χ1n) is 8.10. The van der Waals surface area contributed by atoms with Gasteiger partial charge in [-0.25, -0.2) is 0 Å². The summed E-state index contributed by atoms with van der Waals surface area (Å²) in [4.78, 5) is 12.0. The molecule has 130 valence electrons. The summed E-state index contributed by atoms with van der Waals surface area (Å²) < 4.78 is 6.32. The number of nitriles is 1. The van der Waals surface area contributed by atoms with Gasteiger partial charge >= 0.3 is 0 Å². The van der Waals surface area contributed by atoms with E-state index in [1.54, 1.807) is 23.9 Å². The van der Waals surface area contributed by atoms with Crippen LogP contribution in [0.3, 0.4) is 0 Å². The monoisotopic (exact) mass is 374 g/mol. The fourth-order valence-corrected chi connectivity index (χ4v) is 4.21. The molecule has 0 aliphatic carbocycles. The fourth-order valence-electron chi connectivity index (χ4n) is 2.49. The summed E-state index contributed by atoms with van der Waals surface area (Å²) >= 11 is 2.93. The molecule has 1 amide bonds. The number of amides is 1. The standard InChI is InChI=1S/C17H18N4O2S2/c18-10-12-3-5-13(6-4-12)11-24-17-21-20-16(25-17)19-15(22)8-7-14-2-1-9-23-14/h3-6,14H,1-2,7-9,11H2,(H,19,20,22). The number of nitrogens with zero attached hydrogens (tertiary/aromatic N) is 3. The van der Waals surface area contributed by atoms with Crippen molar-refractivity contribution < 1.29 is 9.53 Å². The number of carbonyl (C=O) groups is 1. The Labute approximate surface area is 154 Å². The molecular weight excluding hydrogens is 356 g/mol. The van der Waals surface area contributed by atoms with Crippen LogP contribution in [0.1, 0.15) is 36.8 Å². The van der Waals surface area contributed by atoms with Gasteiger partial charge in [-0.05, 0) is 37.0 Å². The van der Waals surface area contributed by atoms with Gasteiger partial charge in [0.25, 0.3) is 0 Å². The molecule has 1 saturated heterocycles. The summed E-state index contributed by atoms with van der Waals surface area (Å²) in [5.74, 6) is 0.697. The Morgan fingerprint density at radius 1 is 1.40 bits per heavy atom. The molecule has 0 radical (unpaired) electrons.